The van der Waals surface area contributed by atoms with Crippen LogP contribution in [0, 0.1) is 11.3 Å². The van der Waals surface area contributed by atoms with Crippen molar-refractivity contribution in [3.63, 3.8) is 0 Å². The van der Waals surface area contributed by atoms with Crippen LogP contribution >= 0.6 is 15.9 Å². The van der Waals surface area contributed by atoms with E-state index in [1.165, 1.54) is 19.1 Å². The highest BCUT2D eigenvalue weighted by Crippen LogP contribution is 2.41. The number of carbonyl (C=O) groups excluding carboxylic acids is 2. The largest absolute Gasteiger partial charge is 0.456 e. The normalized spacial score (nSPS) is 16.9. The third-order valence-electron chi connectivity index (χ3n) is 4.54. The average molecular weight is 455 g/mol. The molecule has 1 aromatic carbocycles. The molecule has 1 aliphatic rings. The minimum atomic E-state index is -4.01. The topological polar surface area (TPSA) is 127 Å². The summed E-state index contributed by atoms with van der Waals surface area (Å²) in [4.78, 5) is 24.8. The Morgan fingerprint density at radius 1 is 1.26 bits per heavy atom. The van der Waals surface area contributed by atoms with Gasteiger partial charge in [-0.15, -0.1) is 0 Å². The smallest absolute Gasteiger partial charge is 0.328 e. The highest BCUT2D eigenvalue weighted by molar-refractivity contribution is 9.10. The summed E-state index contributed by atoms with van der Waals surface area (Å²) in [7, 11) is -4.01. The summed E-state index contributed by atoms with van der Waals surface area (Å²) in [6.45, 7) is 0.655. The number of rotatable bonds is 6. The summed E-state index contributed by atoms with van der Waals surface area (Å²) in [5.41, 5.74) is 5.16. The quantitative estimate of drug-likeness (QED) is 0.396. The summed E-state index contributed by atoms with van der Waals surface area (Å²) >= 11 is 3.25. The molecule has 9 heteroatoms. The van der Waals surface area contributed by atoms with Crippen LogP contribution < -0.4 is 5.73 Å². The van der Waals surface area contributed by atoms with Gasteiger partial charge in [0.15, 0.2) is 21.2 Å². The molecule has 1 aromatic rings. The molecule has 0 aliphatic heterocycles. The Hall–Kier alpha value is -2.18. The van der Waals surface area contributed by atoms with Crippen molar-refractivity contribution in [2.75, 3.05) is 6.61 Å². The Balaban J connectivity index is 2.30. The van der Waals surface area contributed by atoms with Gasteiger partial charge in [-0.2, -0.15) is 5.26 Å². The number of hydrogen-bond acceptors (Lipinski definition) is 7. The van der Waals surface area contributed by atoms with E-state index in [2.05, 4.69) is 15.9 Å². The molecule has 1 aliphatic carbocycles. The molecular formula is C18H19BrN2O5S. The summed E-state index contributed by atoms with van der Waals surface area (Å²) in [6, 6.07) is 7.67. The van der Waals surface area contributed by atoms with E-state index in [1.54, 1.807) is 18.2 Å². The molecule has 144 valence electrons. The number of Topliss-reactive ketones (excluding diaryl/α,β-unsaturated/α-hetero) is 1. The molecule has 2 N–H and O–H groups in total. The van der Waals surface area contributed by atoms with Crippen molar-refractivity contribution >= 4 is 37.5 Å². The number of sulfone groups is 1. The highest BCUT2D eigenvalue weighted by Gasteiger charge is 2.54. The molecule has 0 saturated heterocycles. The number of esters is 1. The molecule has 1 fully saturated rings. The summed E-state index contributed by atoms with van der Waals surface area (Å²) < 4.78 is 30.4. The molecule has 0 aromatic heterocycles. The van der Waals surface area contributed by atoms with Crippen molar-refractivity contribution in [3.05, 3.63) is 40.0 Å². The van der Waals surface area contributed by atoms with Gasteiger partial charge in [0.1, 0.15) is 11.6 Å². The molecule has 0 unspecified atom stereocenters. The van der Waals surface area contributed by atoms with Gasteiger partial charge < -0.3 is 10.5 Å². The lowest BCUT2D eigenvalue weighted by atomic mass is 10.1. The predicted octanol–water partition coefficient (Wildman–Crippen LogP) is 2.40. The summed E-state index contributed by atoms with van der Waals surface area (Å²) in [6.07, 6.45) is 1.36. The molecule has 2 rings (SSSR count). The van der Waals surface area contributed by atoms with Crippen molar-refractivity contribution in [2.24, 2.45) is 5.73 Å². The number of halogens is 1. The minimum absolute atomic E-state index is 0.0108. The molecule has 7 nitrogen and oxygen atoms in total. The SMILES string of the molecule is C/C(N)=C(/C#N)C(=O)COC(=O)C1(S(=O)(=O)c2ccc(Br)cc2)CCCC1. The molecule has 0 bridgehead atoms. The van der Waals surface area contributed by atoms with Gasteiger partial charge in [0.05, 0.1) is 4.90 Å². The maximum atomic E-state index is 13.2. The molecular weight excluding hydrogens is 436 g/mol. The minimum Gasteiger partial charge on any atom is -0.456 e. The lowest BCUT2D eigenvalue weighted by Crippen LogP contribution is -2.45. The van der Waals surface area contributed by atoms with Gasteiger partial charge in [-0.05, 0) is 44.0 Å². The van der Waals surface area contributed by atoms with Crippen LogP contribution in [0.2, 0.25) is 0 Å². The monoisotopic (exact) mass is 454 g/mol. The lowest BCUT2D eigenvalue weighted by molar-refractivity contribution is -0.149. The Morgan fingerprint density at radius 3 is 2.30 bits per heavy atom. The van der Waals surface area contributed by atoms with E-state index in [-0.39, 0.29) is 29.0 Å². The zero-order valence-electron chi connectivity index (χ0n) is 14.7. The third kappa shape index (κ3) is 4.06. The number of carbonyl (C=O) groups is 2. The van der Waals surface area contributed by atoms with Gasteiger partial charge in [-0.1, -0.05) is 28.8 Å². The Morgan fingerprint density at radius 2 is 1.81 bits per heavy atom. The summed E-state index contributed by atoms with van der Waals surface area (Å²) in [5.74, 6) is -1.73. The first-order valence-electron chi connectivity index (χ1n) is 8.23. The Bertz CT molecular complexity index is 919. The number of hydrogen-bond donors (Lipinski definition) is 1. The zero-order chi connectivity index (χ0) is 20.2. The first kappa shape index (κ1) is 21.1. The van der Waals surface area contributed by atoms with E-state index in [0.717, 1.165) is 0 Å². The van der Waals surface area contributed by atoms with E-state index >= 15 is 0 Å². The van der Waals surface area contributed by atoms with Crippen LogP contribution in [-0.2, 0) is 24.2 Å². The fourth-order valence-corrected chi connectivity index (χ4v) is 5.39. The number of nitriles is 1. The van der Waals surface area contributed by atoms with Crippen LogP contribution in [0.4, 0.5) is 0 Å². The first-order valence-corrected chi connectivity index (χ1v) is 10.5. The fourth-order valence-electron chi connectivity index (χ4n) is 3.07. The Kier molecular flexibility index (Phi) is 6.44. The molecule has 0 spiro atoms. The van der Waals surface area contributed by atoms with Gasteiger partial charge in [0.2, 0.25) is 5.78 Å². The predicted molar refractivity (Wildman–Crippen MR) is 101 cm³/mol. The van der Waals surface area contributed by atoms with Gasteiger partial charge in [0, 0.05) is 10.2 Å². The van der Waals surface area contributed by atoms with Crippen molar-refractivity contribution in [3.8, 4) is 6.07 Å². The number of ketones is 1. The molecule has 0 radical (unpaired) electrons. The molecule has 0 heterocycles. The van der Waals surface area contributed by atoms with Crippen LogP contribution in [0.15, 0.2) is 44.9 Å². The van der Waals surface area contributed by atoms with Crippen LogP contribution in [-0.4, -0.2) is 31.5 Å². The van der Waals surface area contributed by atoms with Gasteiger partial charge >= 0.3 is 5.97 Å². The second-order valence-corrected chi connectivity index (χ2v) is 9.50. The van der Waals surface area contributed by atoms with Gasteiger partial charge in [-0.25, -0.2) is 8.42 Å². The van der Waals surface area contributed by atoms with Gasteiger partial charge in [0.25, 0.3) is 0 Å². The number of ether oxygens (including phenoxy) is 1. The number of allylic oxidation sites excluding steroid dienone is 1. The first-order chi connectivity index (χ1) is 12.7. The molecule has 0 amide bonds. The second-order valence-electron chi connectivity index (χ2n) is 6.33. The highest BCUT2D eigenvalue weighted by atomic mass is 79.9. The maximum absolute atomic E-state index is 13.2. The third-order valence-corrected chi connectivity index (χ3v) is 7.57. The number of nitrogens with two attached hydrogens (primary N) is 1. The van der Waals surface area contributed by atoms with Crippen molar-refractivity contribution in [1.29, 1.82) is 5.26 Å². The van der Waals surface area contributed by atoms with E-state index < -0.39 is 32.9 Å². The Labute approximate surface area is 166 Å². The zero-order valence-corrected chi connectivity index (χ0v) is 17.1. The van der Waals surface area contributed by atoms with E-state index in [1.807, 2.05) is 0 Å². The second kappa shape index (κ2) is 8.23. The van der Waals surface area contributed by atoms with Crippen LogP contribution in [0.3, 0.4) is 0 Å². The average Bonchev–Trinajstić information content (AvgIpc) is 3.12. The van der Waals surface area contributed by atoms with Crippen LogP contribution in [0.5, 0.6) is 0 Å². The number of benzene rings is 1. The van der Waals surface area contributed by atoms with Crippen LogP contribution in [0.25, 0.3) is 0 Å². The summed E-state index contributed by atoms with van der Waals surface area (Å²) in [5, 5.41) is 8.95. The lowest BCUT2D eigenvalue weighted by Gasteiger charge is -2.26. The number of nitrogens with zero attached hydrogens (tertiary/aromatic N) is 1. The van der Waals surface area contributed by atoms with E-state index in [9.17, 15) is 18.0 Å². The standard InChI is InChI=1S/C18H19BrN2O5S/c1-12(21)15(10-20)16(22)11-26-17(23)18(8-2-3-9-18)27(24,25)14-6-4-13(19)5-7-14/h4-7H,2-3,8-9,11,21H2,1H3/b15-12+. The van der Waals surface area contributed by atoms with Crippen molar-refractivity contribution in [2.45, 2.75) is 42.2 Å². The molecule has 27 heavy (non-hydrogen) atoms. The van der Waals surface area contributed by atoms with E-state index in [0.29, 0.717) is 17.3 Å². The van der Waals surface area contributed by atoms with Crippen LogP contribution in [0.1, 0.15) is 32.6 Å². The van der Waals surface area contributed by atoms with Crippen molar-refractivity contribution < 1.29 is 22.7 Å². The maximum Gasteiger partial charge on any atom is 0.328 e. The van der Waals surface area contributed by atoms with Gasteiger partial charge in [-0.3, -0.25) is 9.59 Å². The fraction of sp³-hybridized carbons (Fsp3) is 0.389. The molecule has 1 saturated carbocycles. The van der Waals surface area contributed by atoms with Crippen molar-refractivity contribution in [1.82, 2.24) is 0 Å². The molecule has 0 atom stereocenters. The van der Waals surface area contributed by atoms with E-state index in [4.69, 9.17) is 15.7 Å².